The van der Waals surface area contributed by atoms with Crippen LogP contribution >= 0.6 is 11.8 Å². The topological polar surface area (TPSA) is 131 Å². The second-order valence-electron chi connectivity index (χ2n) is 5.03. The number of benzene rings is 2. The van der Waals surface area contributed by atoms with Crippen molar-refractivity contribution in [2.45, 2.75) is 5.22 Å². The summed E-state index contributed by atoms with van der Waals surface area (Å²) in [7, 11) is 0. The molecule has 1 amide bonds. The summed E-state index contributed by atoms with van der Waals surface area (Å²) in [5.41, 5.74) is 0.634. The van der Waals surface area contributed by atoms with Gasteiger partial charge in [0, 0.05) is 17.7 Å². The van der Waals surface area contributed by atoms with Gasteiger partial charge in [-0.1, -0.05) is 30.0 Å². The molecule has 132 valence electrons. The minimum atomic E-state index is -0.515. The van der Waals surface area contributed by atoms with Gasteiger partial charge in [-0.3, -0.25) is 14.9 Å². The molecule has 0 spiro atoms. The van der Waals surface area contributed by atoms with Crippen LogP contribution in [0.3, 0.4) is 0 Å². The number of hydrogen-bond donors (Lipinski definition) is 2. The molecule has 0 radical (unpaired) electrons. The third-order valence-corrected chi connectivity index (χ3v) is 4.03. The van der Waals surface area contributed by atoms with Crippen molar-refractivity contribution in [3.8, 4) is 17.2 Å². The first-order valence-corrected chi connectivity index (χ1v) is 8.30. The van der Waals surface area contributed by atoms with Crippen LogP contribution in [0.25, 0.3) is 11.5 Å². The van der Waals surface area contributed by atoms with Gasteiger partial charge in [0.2, 0.25) is 11.8 Å². The van der Waals surface area contributed by atoms with Crippen molar-refractivity contribution in [3.05, 3.63) is 58.6 Å². The number of phenols is 1. The third kappa shape index (κ3) is 4.16. The van der Waals surface area contributed by atoms with Crippen molar-refractivity contribution in [2.75, 3.05) is 11.1 Å². The van der Waals surface area contributed by atoms with Crippen molar-refractivity contribution in [2.24, 2.45) is 0 Å². The predicted octanol–water partition coefficient (Wildman–Crippen LogP) is 3.08. The van der Waals surface area contributed by atoms with E-state index in [1.165, 1.54) is 24.3 Å². The molecule has 0 atom stereocenters. The number of thioether (sulfide) groups is 1. The fourth-order valence-corrected chi connectivity index (χ4v) is 2.59. The highest BCUT2D eigenvalue weighted by atomic mass is 32.2. The first-order chi connectivity index (χ1) is 12.5. The number of rotatable bonds is 6. The Morgan fingerprint density at radius 1 is 1.23 bits per heavy atom. The summed E-state index contributed by atoms with van der Waals surface area (Å²) in [4.78, 5) is 22.2. The van der Waals surface area contributed by atoms with Crippen molar-refractivity contribution in [3.63, 3.8) is 0 Å². The van der Waals surface area contributed by atoms with Gasteiger partial charge in [-0.15, -0.1) is 10.2 Å². The summed E-state index contributed by atoms with van der Waals surface area (Å²) in [6.45, 7) is 0. The van der Waals surface area contributed by atoms with Crippen LogP contribution in [-0.2, 0) is 4.79 Å². The summed E-state index contributed by atoms with van der Waals surface area (Å²) in [5.74, 6) is -0.272. The predicted molar refractivity (Wildman–Crippen MR) is 93.8 cm³/mol. The summed E-state index contributed by atoms with van der Waals surface area (Å²) in [5, 5.41) is 30.8. The average Bonchev–Trinajstić information content (AvgIpc) is 3.11. The minimum absolute atomic E-state index is 0.00902. The molecule has 2 N–H and O–H groups in total. The number of non-ortho nitro benzene ring substituents is 1. The lowest BCUT2D eigenvalue weighted by Crippen LogP contribution is -2.14. The molecule has 1 heterocycles. The highest BCUT2D eigenvalue weighted by molar-refractivity contribution is 7.99. The Morgan fingerprint density at radius 3 is 2.81 bits per heavy atom. The number of nitrogens with one attached hydrogen (secondary N) is 1. The van der Waals surface area contributed by atoms with Crippen molar-refractivity contribution < 1.29 is 19.2 Å². The molecule has 0 aliphatic heterocycles. The van der Waals surface area contributed by atoms with Gasteiger partial charge in [0.1, 0.15) is 5.75 Å². The lowest BCUT2D eigenvalue weighted by atomic mass is 10.2. The number of anilines is 1. The van der Waals surface area contributed by atoms with E-state index in [0.717, 1.165) is 11.8 Å². The van der Waals surface area contributed by atoms with Gasteiger partial charge in [0.05, 0.1) is 16.4 Å². The Labute approximate surface area is 151 Å². The van der Waals surface area contributed by atoms with Crippen LogP contribution in [-0.4, -0.2) is 31.9 Å². The fraction of sp³-hybridized carbons (Fsp3) is 0.0625. The van der Waals surface area contributed by atoms with Crippen molar-refractivity contribution >= 4 is 29.0 Å². The molecule has 0 fully saturated rings. The summed E-state index contributed by atoms with van der Waals surface area (Å²) >= 11 is 1.01. The van der Waals surface area contributed by atoms with E-state index < -0.39 is 4.92 Å². The molecule has 0 saturated heterocycles. The van der Waals surface area contributed by atoms with E-state index in [1.807, 2.05) is 0 Å². The zero-order valence-corrected chi connectivity index (χ0v) is 14.0. The molecule has 3 aromatic rings. The summed E-state index contributed by atoms with van der Waals surface area (Å²) < 4.78 is 5.42. The number of amides is 1. The quantitative estimate of drug-likeness (QED) is 0.292. The Kier molecular flexibility index (Phi) is 5.13. The Bertz CT molecular complexity index is 959. The normalized spacial score (nSPS) is 10.5. The van der Waals surface area contributed by atoms with Crippen molar-refractivity contribution in [1.82, 2.24) is 10.2 Å². The van der Waals surface area contributed by atoms with E-state index >= 15 is 0 Å². The monoisotopic (exact) mass is 372 g/mol. The zero-order valence-electron chi connectivity index (χ0n) is 13.2. The number of para-hydroxylation sites is 2. The number of hydrogen-bond acceptors (Lipinski definition) is 8. The van der Waals surface area contributed by atoms with Gasteiger partial charge >= 0.3 is 0 Å². The molecule has 0 saturated carbocycles. The van der Waals surface area contributed by atoms with E-state index in [1.54, 1.807) is 24.3 Å². The molecule has 26 heavy (non-hydrogen) atoms. The first kappa shape index (κ1) is 17.4. The lowest BCUT2D eigenvalue weighted by Gasteiger charge is -2.05. The highest BCUT2D eigenvalue weighted by Crippen LogP contribution is 2.26. The molecule has 0 aliphatic rings. The van der Waals surface area contributed by atoms with Gasteiger partial charge in [-0.25, -0.2) is 0 Å². The number of carbonyl (C=O) groups excluding carboxylic acids is 1. The second kappa shape index (κ2) is 7.66. The van der Waals surface area contributed by atoms with Crippen LogP contribution < -0.4 is 5.32 Å². The summed E-state index contributed by atoms with van der Waals surface area (Å²) in [6.07, 6.45) is 0. The number of aromatic nitrogens is 2. The molecule has 0 bridgehead atoms. The van der Waals surface area contributed by atoms with Gasteiger partial charge in [-0.2, -0.15) is 0 Å². The van der Waals surface area contributed by atoms with Crippen LogP contribution in [0.1, 0.15) is 0 Å². The molecule has 0 aliphatic carbocycles. The number of nitrogens with zero attached hydrogens (tertiary/aromatic N) is 3. The SMILES string of the molecule is O=C(CSc1nnc(-c2cccc([N+](=O)[O-])c2)o1)Nc1ccccc1O. The Balaban J connectivity index is 1.62. The van der Waals surface area contributed by atoms with E-state index in [9.17, 15) is 20.0 Å². The van der Waals surface area contributed by atoms with Gasteiger partial charge in [0.15, 0.2) is 0 Å². The third-order valence-electron chi connectivity index (χ3n) is 3.22. The van der Waals surface area contributed by atoms with Crippen LogP contribution in [0.5, 0.6) is 5.75 Å². The zero-order chi connectivity index (χ0) is 18.5. The maximum absolute atomic E-state index is 11.9. The van der Waals surface area contributed by atoms with Crippen LogP contribution in [0, 0.1) is 10.1 Å². The van der Waals surface area contributed by atoms with Gasteiger partial charge in [0.25, 0.3) is 10.9 Å². The Hall–Kier alpha value is -3.40. The van der Waals surface area contributed by atoms with Gasteiger partial charge < -0.3 is 14.8 Å². The minimum Gasteiger partial charge on any atom is -0.506 e. The number of nitro benzene ring substituents is 1. The van der Waals surface area contributed by atoms with E-state index in [2.05, 4.69) is 15.5 Å². The largest absolute Gasteiger partial charge is 0.506 e. The number of carbonyl (C=O) groups is 1. The smallest absolute Gasteiger partial charge is 0.277 e. The van der Waals surface area contributed by atoms with Gasteiger partial charge in [-0.05, 0) is 18.2 Å². The molecule has 9 nitrogen and oxygen atoms in total. The lowest BCUT2D eigenvalue weighted by molar-refractivity contribution is -0.384. The number of nitro groups is 1. The molecule has 0 unspecified atom stereocenters. The van der Waals surface area contributed by atoms with E-state index in [0.29, 0.717) is 11.3 Å². The standard InChI is InChI=1S/C16H12N4O5S/c21-13-7-2-1-6-12(13)17-14(22)9-26-16-19-18-15(25-16)10-4-3-5-11(8-10)20(23)24/h1-8,21H,9H2,(H,17,22). The number of phenolic OH excluding ortho intramolecular Hbond substituents is 1. The first-order valence-electron chi connectivity index (χ1n) is 7.32. The highest BCUT2D eigenvalue weighted by Gasteiger charge is 2.14. The molecule has 3 rings (SSSR count). The molecular formula is C16H12N4O5S. The summed E-state index contributed by atoms with van der Waals surface area (Å²) in [6, 6.07) is 12.2. The molecule has 1 aromatic heterocycles. The molecule has 10 heteroatoms. The van der Waals surface area contributed by atoms with E-state index in [4.69, 9.17) is 4.42 Å². The second-order valence-corrected chi connectivity index (χ2v) is 5.96. The maximum Gasteiger partial charge on any atom is 0.277 e. The number of aromatic hydroxyl groups is 1. The van der Waals surface area contributed by atoms with Crippen molar-refractivity contribution in [1.29, 1.82) is 0 Å². The van der Waals surface area contributed by atoms with Crippen LogP contribution in [0.2, 0.25) is 0 Å². The molecular weight excluding hydrogens is 360 g/mol. The Morgan fingerprint density at radius 2 is 2.04 bits per heavy atom. The molecule has 2 aromatic carbocycles. The maximum atomic E-state index is 11.9. The van der Waals surface area contributed by atoms with E-state index in [-0.39, 0.29) is 34.2 Å². The fourth-order valence-electron chi connectivity index (χ4n) is 2.03. The van der Waals surface area contributed by atoms with Crippen LogP contribution in [0.4, 0.5) is 11.4 Å². The average molecular weight is 372 g/mol. The van der Waals surface area contributed by atoms with Crippen LogP contribution in [0.15, 0.2) is 58.2 Å².